The number of benzene rings is 1. The van der Waals surface area contributed by atoms with E-state index in [0.717, 1.165) is 5.56 Å². The number of amides is 1. The number of carbonyl (C=O) groups is 1. The molecular formula is C13H14N4O3S. The average Bonchev–Trinajstić information content (AvgIpc) is 2.40. The highest BCUT2D eigenvalue weighted by Gasteiger charge is 2.12. The van der Waals surface area contributed by atoms with Crippen LogP contribution in [0.1, 0.15) is 5.56 Å². The van der Waals surface area contributed by atoms with E-state index < -0.39 is 15.9 Å². The Balaban J connectivity index is 2.52. The van der Waals surface area contributed by atoms with Crippen LogP contribution in [0.3, 0.4) is 0 Å². The van der Waals surface area contributed by atoms with E-state index in [1.165, 1.54) is 35.3 Å². The Bertz CT molecular complexity index is 823. The summed E-state index contributed by atoms with van der Waals surface area (Å²) in [5.74, 6) is -0.601. The van der Waals surface area contributed by atoms with Crippen molar-refractivity contribution in [1.82, 2.24) is 9.55 Å². The molecule has 0 unspecified atom stereocenters. The number of carbonyl (C=O) groups excluding carboxylic acids is 1. The molecule has 1 amide bonds. The molecule has 21 heavy (non-hydrogen) atoms. The van der Waals surface area contributed by atoms with E-state index >= 15 is 0 Å². The maximum absolute atomic E-state index is 12.2. The molecule has 0 aliphatic carbocycles. The second kappa shape index (κ2) is 5.88. The lowest BCUT2D eigenvalue weighted by Gasteiger charge is -2.04. The van der Waals surface area contributed by atoms with Crippen LogP contribution in [0.2, 0.25) is 0 Å². The lowest BCUT2D eigenvalue weighted by Crippen LogP contribution is -2.29. The van der Waals surface area contributed by atoms with Crippen molar-refractivity contribution < 1.29 is 13.2 Å². The van der Waals surface area contributed by atoms with E-state index in [4.69, 9.17) is 5.73 Å². The molecule has 0 saturated carbocycles. The van der Waals surface area contributed by atoms with Gasteiger partial charge in [0, 0.05) is 12.4 Å². The fraction of sp³-hybridized carbons (Fsp3) is 0.154. The highest BCUT2D eigenvalue weighted by atomic mass is 32.2. The average molecular weight is 306 g/mol. The van der Waals surface area contributed by atoms with Crippen LogP contribution < -0.4 is 11.2 Å². The number of nitrogens with two attached hydrogens (primary N) is 1. The molecule has 2 aromatic rings. The predicted molar refractivity (Wildman–Crippen MR) is 75.3 cm³/mol. The molecule has 0 aliphatic heterocycles. The first kappa shape index (κ1) is 14.9. The van der Waals surface area contributed by atoms with Gasteiger partial charge < -0.3 is 10.3 Å². The van der Waals surface area contributed by atoms with Crippen molar-refractivity contribution in [2.24, 2.45) is 10.1 Å². The number of hydrogen-bond donors (Lipinski definition) is 1. The molecule has 0 atom stereocenters. The minimum absolute atomic E-state index is 0.0388. The van der Waals surface area contributed by atoms with Gasteiger partial charge in [-0.2, -0.15) is 8.42 Å². The first-order valence-corrected chi connectivity index (χ1v) is 7.49. The first-order chi connectivity index (χ1) is 9.88. The third kappa shape index (κ3) is 3.76. The molecule has 2 N–H and O–H groups in total. The number of rotatable bonds is 4. The summed E-state index contributed by atoms with van der Waals surface area (Å²) >= 11 is 0. The van der Waals surface area contributed by atoms with Crippen LogP contribution in [-0.2, 0) is 21.4 Å². The number of aromatic nitrogens is 2. The number of hydrogen-bond acceptors (Lipinski definition) is 4. The van der Waals surface area contributed by atoms with Gasteiger partial charge in [0.15, 0.2) is 5.49 Å². The summed E-state index contributed by atoms with van der Waals surface area (Å²) in [4.78, 5) is 14.9. The molecule has 8 heteroatoms. The lowest BCUT2D eigenvalue weighted by molar-refractivity contribution is -0.118. The summed E-state index contributed by atoms with van der Waals surface area (Å²) in [7, 11) is -3.88. The standard InChI is InChI=1S/C13H14N4O3S/c1-10-2-4-11(5-3-10)21(19,20)16-13-8-15-6-7-17(13)9-12(14)18/h2-8H,9H2,1H3,(H2,14,18). The van der Waals surface area contributed by atoms with E-state index in [9.17, 15) is 13.2 Å². The predicted octanol–water partition coefficient (Wildman–Crippen LogP) is -0.0336. The Labute approximate surface area is 121 Å². The van der Waals surface area contributed by atoms with Gasteiger partial charge in [0.25, 0.3) is 10.0 Å². The SMILES string of the molecule is Cc1ccc(S(=O)(=O)N=c2cnccn2CC(N)=O)cc1. The molecule has 0 bridgehead atoms. The zero-order valence-corrected chi connectivity index (χ0v) is 12.1. The summed E-state index contributed by atoms with van der Waals surface area (Å²) < 4.78 is 29.5. The molecule has 0 fully saturated rings. The molecule has 7 nitrogen and oxygen atoms in total. The van der Waals surface area contributed by atoms with Gasteiger partial charge in [-0.25, -0.2) is 0 Å². The third-order valence-electron chi connectivity index (χ3n) is 2.68. The Hall–Kier alpha value is -2.48. The molecule has 1 aromatic heterocycles. The van der Waals surface area contributed by atoms with Crippen molar-refractivity contribution in [3.63, 3.8) is 0 Å². The smallest absolute Gasteiger partial charge is 0.284 e. The van der Waals surface area contributed by atoms with Crippen LogP contribution >= 0.6 is 0 Å². The minimum atomic E-state index is -3.88. The van der Waals surface area contributed by atoms with Crippen molar-refractivity contribution in [2.75, 3.05) is 0 Å². The normalized spacial score (nSPS) is 12.3. The maximum Gasteiger partial charge on any atom is 0.284 e. The van der Waals surface area contributed by atoms with Crippen LogP contribution in [0.4, 0.5) is 0 Å². The van der Waals surface area contributed by atoms with Gasteiger partial charge >= 0.3 is 0 Å². The molecule has 1 aromatic carbocycles. The highest BCUT2D eigenvalue weighted by Crippen LogP contribution is 2.12. The second-order valence-corrected chi connectivity index (χ2v) is 6.01. The molecule has 0 radical (unpaired) electrons. The molecule has 1 heterocycles. The highest BCUT2D eigenvalue weighted by molar-refractivity contribution is 7.90. The first-order valence-electron chi connectivity index (χ1n) is 6.05. The summed E-state index contributed by atoms with van der Waals surface area (Å²) in [6.45, 7) is 1.68. The summed E-state index contributed by atoms with van der Waals surface area (Å²) in [5, 5.41) is 0. The fourth-order valence-corrected chi connectivity index (χ4v) is 2.63. The summed E-state index contributed by atoms with van der Waals surface area (Å²) in [5.41, 5.74) is 6.10. The topological polar surface area (TPSA) is 107 Å². The van der Waals surface area contributed by atoms with Gasteiger partial charge in [-0.15, -0.1) is 4.40 Å². The Morgan fingerprint density at radius 1 is 1.33 bits per heavy atom. The van der Waals surface area contributed by atoms with Gasteiger partial charge in [0.2, 0.25) is 5.91 Å². The minimum Gasteiger partial charge on any atom is -0.368 e. The molecule has 0 spiro atoms. The van der Waals surface area contributed by atoms with E-state index in [2.05, 4.69) is 9.38 Å². The molecular weight excluding hydrogens is 292 g/mol. The maximum atomic E-state index is 12.2. The lowest BCUT2D eigenvalue weighted by atomic mass is 10.2. The van der Waals surface area contributed by atoms with E-state index in [-0.39, 0.29) is 16.9 Å². The number of sulfonamides is 1. The molecule has 2 rings (SSSR count). The Morgan fingerprint density at radius 3 is 2.62 bits per heavy atom. The zero-order valence-electron chi connectivity index (χ0n) is 11.3. The van der Waals surface area contributed by atoms with Gasteiger partial charge in [-0.3, -0.25) is 9.78 Å². The van der Waals surface area contributed by atoms with E-state index in [1.807, 2.05) is 6.92 Å². The largest absolute Gasteiger partial charge is 0.368 e. The Kier molecular flexibility index (Phi) is 4.18. The van der Waals surface area contributed by atoms with Crippen molar-refractivity contribution >= 4 is 15.9 Å². The van der Waals surface area contributed by atoms with Crippen LogP contribution in [-0.4, -0.2) is 23.9 Å². The van der Waals surface area contributed by atoms with Gasteiger partial charge in [0.1, 0.15) is 6.54 Å². The monoisotopic (exact) mass is 306 g/mol. The number of primary amides is 1. The van der Waals surface area contributed by atoms with Gasteiger partial charge in [-0.05, 0) is 19.1 Å². The molecule has 0 saturated heterocycles. The van der Waals surface area contributed by atoms with Crippen molar-refractivity contribution in [3.8, 4) is 0 Å². The quantitative estimate of drug-likeness (QED) is 0.855. The van der Waals surface area contributed by atoms with Crippen molar-refractivity contribution in [3.05, 3.63) is 53.9 Å². The van der Waals surface area contributed by atoms with Crippen molar-refractivity contribution in [2.45, 2.75) is 18.4 Å². The van der Waals surface area contributed by atoms with Crippen LogP contribution in [0.5, 0.6) is 0 Å². The van der Waals surface area contributed by atoms with Crippen molar-refractivity contribution in [1.29, 1.82) is 0 Å². The van der Waals surface area contributed by atoms with Crippen LogP contribution in [0.15, 0.2) is 52.1 Å². The van der Waals surface area contributed by atoms with E-state index in [0.29, 0.717) is 0 Å². The zero-order chi connectivity index (χ0) is 15.5. The fourth-order valence-electron chi connectivity index (χ4n) is 1.64. The second-order valence-electron chi connectivity index (χ2n) is 4.41. The summed E-state index contributed by atoms with van der Waals surface area (Å²) in [6.07, 6.45) is 4.11. The van der Waals surface area contributed by atoms with Gasteiger partial charge in [-0.1, -0.05) is 17.7 Å². The van der Waals surface area contributed by atoms with Crippen LogP contribution in [0, 0.1) is 6.92 Å². The van der Waals surface area contributed by atoms with E-state index in [1.54, 1.807) is 12.1 Å². The summed E-state index contributed by atoms with van der Waals surface area (Å²) in [6, 6.07) is 6.32. The van der Waals surface area contributed by atoms with Gasteiger partial charge in [0.05, 0.1) is 11.1 Å². The number of nitrogens with zero attached hydrogens (tertiary/aromatic N) is 3. The molecule has 110 valence electrons. The third-order valence-corrected chi connectivity index (χ3v) is 3.97. The van der Waals surface area contributed by atoms with Crippen LogP contribution in [0.25, 0.3) is 0 Å². The Morgan fingerprint density at radius 2 is 2.00 bits per heavy atom. The molecule has 0 aliphatic rings. The number of aryl methyl sites for hydroxylation is 1.